The van der Waals surface area contributed by atoms with Gasteiger partial charge in [0.15, 0.2) is 0 Å². The van der Waals surface area contributed by atoms with Gasteiger partial charge < -0.3 is 19.9 Å². The van der Waals surface area contributed by atoms with Gasteiger partial charge in [-0.3, -0.25) is 14.5 Å². The Hall–Kier alpha value is -4.05. The first-order valence-electron chi connectivity index (χ1n) is 14.2. The van der Waals surface area contributed by atoms with Crippen LogP contribution in [0.5, 0.6) is 0 Å². The van der Waals surface area contributed by atoms with Crippen LogP contribution in [0.2, 0.25) is 0 Å². The van der Waals surface area contributed by atoms with E-state index in [1.54, 1.807) is 25.7 Å². The molecule has 3 aliphatic heterocycles. The van der Waals surface area contributed by atoms with Crippen LogP contribution >= 0.6 is 0 Å². The summed E-state index contributed by atoms with van der Waals surface area (Å²) in [7, 11) is 0. The number of amides is 3. The van der Waals surface area contributed by atoms with Crippen molar-refractivity contribution in [3.8, 4) is 17.5 Å². The number of nitrogens with zero attached hydrogens (tertiary/aromatic N) is 7. The molecule has 2 aromatic rings. The van der Waals surface area contributed by atoms with Gasteiger partial charge in [-0.1, -0.05) is 24.3 Å². The minimum absolute atomic E-state index is 0.0110. The van der Waals surface area contributed by atoms with Gasteiger partial charge in [0.1, 0.15) is 17.7 Å². The number of fused-ring (bicyclic) bond motifs is 3. The molecule has 216 valence electrons. The zero-order valence-corrected chi connectivity index (χ0v) is 23.6. The number of hydrogen-bond acceptors (Lipinski definition) is 9. The third-order valence-electron chi connectivity index (χ3n) is 8.64. The van der Waals surface area contributed by atoms with Crippen molar-refractivity contribution >= 4 is 17.9 Å². The number of nitrogens with one attached hydrogen (secondary N) is 2. The van der Waals surface area contributed by atoms with Crippen LogP contribution in [0.4, 0.5) is 4.79 Å². The lowest BCUT2D eigenvalue weighted by Gasteiger charge is -2.39. The number of alkyl carbamates (subject to hydrolysis) is 1. The normalized spacial score (nSPS) is 28.3. The van der Waals surface area contributed by atoms with E-state index in [0.717, 1.165) is 17.5 Å². The zero-order chi connectivity index (χ0) is 29.1. The van der Waals surface area contributed by atoms with Gasteiger partial charge >= 0.3 is 6.09 Å². The molecule has 3 amide bonds. The number of piperidine rings is 1. The van der Waals surface area contributed by atoms with Crippen LogP contribution in [0.3, 0.4) is 0 Å². The standard InChI is InChI=1S/C28H35N9O4/c1-15(16-5-7-17(8-6-16)24-31-33-34-32-24)36-20-11-23(26(36)39)35(13-20)14-21(30-27(40)41-28(2,3)4)25(38)37-19(12-29)9-18-10-22(18)37/h5-8,15,18-23H,9-11,13-14H2,1-4H3,(H,30,40)(H,31,32,33,34)/t15-,18-,19+,20+,21+,22+,23+/m1/s1. The summed E-state index contributed by atoms with van der Waals surface area (Å²) in [5.74, 6) is 0.589. The summed E-state index contributed by atoms with van der Waals surface area (Å²) in [5.41, 5.74) is 1.10. The zero-order valence-electron chi connectivity index (χ0n) is 23.6. The summed E-state index contributed by atoms with van der Waals surface area (Å²) in [4.78, 5) is 45.7. The predicted octanol–water partition coefficient (Wildman–Crippen LogP) is 1.62. The lowest BCUT2D eigenvalue weighted by atomic mass is 10.0. The van der Waals surface area contributed by atoms with Crippen molar-refractivity contribution in [2.45, 2.75) is 88.8 Å². The Labute approximate surface area is 238 Å². The molecule has 0 unspecified atom stereocenters. The summed E-state index contributed by atoms with van der Waals surface area (Å²) in [6.45, 7) is 8.07. The fraction of sp³-hybridized carbons (Fsp3) is 0.607. The van der Waals surface area contributed by atoms with Crippen LogP contribution in [0, 0.1) is 17.2 Å². The Morgan fingerprint density at radius 2 is 1.98 bits per heavy atom. The molecule has 6 rings (SSSR count). The van der Waals surface area contributed by atoms with E-state index in [1.165, 1.54) is 0 Å². The summed E-state index contributed by atoms with van der Waals surface area (Å²) >= 11 is 0. The van der Waals surface area contributed by atoms with E-state index in [1.807, 2.05) is 41.0 Å². The molecule has 13 nitrogen and oxygen atoms in total. The number of aromatic amines is 1. The Balaban J connectivity index is 1.15. The van der Waals surface area contributed by atoms with Crippen molar-refractivity contribution in [1.29, 1.82) is 5.26 Å². The van der Waals surface area contributed by atoms with E-state index in [4.69, 9.17) is 4.74 Å². The van der Waals surface area contributed by atoms with Crippen molar-refractivity contribution in [2.75, 3.05) is 13.1 Å². The monoisotopic (exact) mass is 561 g/mol. The maximum absolute atomic E-state index is 13.8. The van der Waals surface area contributed by atoms with Gasteiger partial charge in [0.2, 0.25) is 17.6 Å². The van der Waals surface area contributed by atoms with Gasteiger partial charge in [0.05, 0.1) is 18.2 Å². The Morgan fingerprint density at radius 1 is 1.22 bits per heavy atom. The molecule has 4 heterocycles. The molecular formula is C28H35N9O4. The molecule has 4 aliphatic rings. The van der Waals surface area contributed by atoms with E-state index < -0.39 is 23.8 Å². The number of nitriles is 1. The summed E-state index contributed by atoms with van der Waals surface area (Å²) in [6.07, 6.45) is 1.53. The minimum atomic E-state index is -0.921. The highest BCUT2D eigenvalue weighted by Crippen LogP contribution is 2.48. The van der Waals surface area contributed by atoms with Crippen molar-refractivity contribution in [3.63, 3.8) is 0 Å². The SMILES string of the molecule is C[C@H](c1ccc(-c2nn[nH]n2)cc1)N1C(=O)[C@@H]2C[C@H]1CN2C[C@H](NC(=O)OC(C)(C)C)C(=O)N1[C@H](C#N)C[C@@H]2C[C@@H]21. The number of hydrogen-bond donors (Lipinski definition) is 2. The van der Waals surface area contributed by atoms with Crippen LogP contribution < -0.4 is 5.32 Å². The summed E-state index contributed by atoms with van der Waals surface area (Å²) in [5, 5.41) is 26.5. The van der Waals surface area contributed by atoms with Crippen LogP contribution in [0.1, 0.15) is 58.6 Å². The van der Waals surface area contributed by atoms with E-state index in [0.29, 0.717) is 31.1 Å². The average molecular weight is 562 g/mol. The molecular weight excluding hydrogens is 526 g/mol. The number of ether oxygens (including phenoxy) is 1. The fourth-order valence-electron chi connectivity index (χ4n) is 6.69. The van der Waals surface area contributed by atoms with Crippen LogP contribution in [0.15, 0.2) is 24.3 Å². The van der Waals surface area contributed by atoms with Crippen molar-refractivity contribution in [2.24, 2.45) is 5.92 Å². The second-order valence-corrected chi connectivity index (χ2v) is 12.5. The van der Waals surface area contributed by atoms with Gasteiger partial charge in [-0.25, -0.2) is 4.79 Å². The Morgan fingerprint density at radius 3 is 2.61 bits per heavy atom. The van der Waals surface area contributed by atoms with Crippen LogP contribution in [-0.4, -0.2) is 102 Å². The van der Waals surface area contributed by atoms with Gasteiger partial charge in [-0.2, -0.15) is 10.5 Å². The highest BCUT2D eigenvalue weighted by atomic mass is 16.6. The maximum atomic E-state index is 13.8. The van der Waals surface area contributed by atoms with Gasteiger partial charge in [0.25, 0.3) is 0 Å². The van der Waals surface area contributed by atoms with Crippen molar-refractivity contribution in [3.05, 3.63) is 29.8 Å². The topological polar surface area (TPSA) is 160 Å². The Bertz CT molecular complexity index is 1370. The van der Waals surface area contributed by atoms with E-state index in [-0.39, 0.29) is 42.5 Å². The predicted molar refractivity (Wildman–Crippen MR) is 145 cm³/mol. The number of tetrazole rings is 1. The highest BCUT2D eigenvalue weighted by Gasteiger charge is 2.56. The number of aromatic nitrogens is 4. The molecule has 0 spiro atoms. The van der Waals surface area contributed by atoms with Crippen molar-refractivity contribution in [1.82, 2.24) is 40.6 Å². The fourth-order valence-corrected chi connectivity index (χ4v) is 6.69. The van der Waals surface area contributed by atoms with Crippen LogP contribution in [-0.2, 0) is 14.3 Å². The second-order valence-electron chi connectivity index (χ2n) is 12.5. The number of carbonyl (C=O) groups excluding carboxylic acids is 3. The molecule has 13 heteroatoms. The number of H-pyrrole nitrogens is 1. The first-order chi connectivity index (χ1) is 19.5. The number of piperazine rings is 1. The minimum Gasteiger partial charge on any atom is -0.444 e. The molecule has 0 radical (unpaired) electrons. The molecule has 3 saturated heterocycles. The second kappa shape index (κ2) is 10.1. The molecule has 4 fully saturated rings. The lowest BCUT2D eigenvalue weighted by Crippen LogP contribution is -2.59. The summed E-state index contributed by atoms with van der Waals surface area (Å²) < 4.78 is 5.46. The molecule has 41 heavy (non-hydrogen) atoms. The number of carbonyl (C=O) groups is 3. The third kappa shape index (κ3) is 5.12. The first-order valence-corrected chi connectivity index (χ1v) is 14.2. The van der Waals surface area contributed by atoms with E-state index in [9.17, 15) is 19.6 Å². The van der Waals surface area contributed by atoms with Gasteiger partial charge in [-0.05, 0) is 63.7 Å². The number of likely N-dealkylation sites (tertiary alicyclic amines) is 3. The largest absolute Gasteiger partial charge is 0.444 e. The third-order valence-corrected chi connectivity index (χ3v) is 8.64. The maximum Gasteiger partial charge on any atom is 0.408 e. The first kappa shape index (κ1) is 27.1. The van der Waals surface area contributed by atoms with Gasteiger partial charge in [0, 0.05) is 30.7 Å². The van der Waals surface area contributed by atoms with Gasteiger partial charge in [-0.15, -0.1) is 10.2 Å². The molecule has 1 aromatic carbocycles. The lowest BCUT2D eigenvalue weighted by molar-refractivity contribution is -0.141. The molecule has 1 aliphatic carbocycles. The number of benzene rings is 1. The average Bonchev–Trinajstić information content (AvgIpc) is 3.36. The van der Waals surface area contributed by atoms with Crippen LogP contribution in [0.25, 0.3) is 11.4 Å². The van der Waals surface area contributed by atoms with Crippen molar-refractivity contribution < 1.29 is 19.1 Å². The van der Waals surface area contributed by atoms with E-state index >= 15 is 0 Å². The molecule has 1 saturated carbocycles. The molecule has 7 atom stereocenters. The van der Waals surface area contributed by atoms with E-state index in [2.05, 4.69) is 32.0 Å². The smallest absolute Gasteiger partial charge is 0.408 e. The Kier molecular flexibility index (Phi) is 6.68. The molecule has 2 N–H and O–H groups in total. The molecule has 2 bridgehead atoms. The highest BCUT2D eigenvalue weighted by molar-refractivity contribution is 5.89. The summed E-state index contributed by atoms with van der Waals surface area (Å²) in [6, 6.07) is 8.14. The quantitative estimate of drug-likeness (QED) is 0.512. The number of rotatable bonds is 7. The molecule has 1 aromatic heterocycles.